The van der Waals surface area contributed by atoms with Gasteiger partial charge in [0, 0.05) is 31.2 Å². The molecule has 2 heterocycles. The van der Waals surface area contributed by atoms with Gasteiger partial charge in [0.2, 0.25) is 0 Å². The van der Waals surface area contributed by atoms with Gasteiger partial charge in [-0.15, -0.1) is 0 Å². The molecule has 0 radical (unpaired) electrons. The predicted octanol–water partition coefficient (Wildman–Crippen LogP) is 3.49. The Labute approximate surface area is 147 Å². The third-order valence-corrected chi connectivity index (χ3v) is 5.48. The van der Waals surface area contributed by atoms with Crippen LogP contribution in [-0.4, -0.2) is 51.8 Å². The second kappa shape index (κ2) is 6.59. The molecule has 0 aliphatic carbocycles. The van der Waals surface area contributed by atoms with Gasteiger partial charge >= 0.3 is 0 Å². The standard InChI is InChI=1S/C19H22N4S/c1-22(2)16-10-11-23(13-16)12-14-6-8-15(9-7-14)17-4-3-5-18-19(17)21-24-20-18/h3-9,16H,10-13H2,1-2H3. The van der Waals surface area contributed by atoms with Crippen LogP contribution < -0.4 is 0 Å². The average molecular weight is 338 g/mol. The van der Waals surface area contributed by atoms with E-state index < -0.39 is 0 Å². The maximum absolute atomic E-state index is 4.44. The largest absolute Gasteiger partial charge is 0.305 e. The highest BCUT2D eigenvalue weighted by molar-refractivity contribution is 7.00. The van der Waals surface area contributed by atoms with Crippen molar-refractivity contribution >= 4 is 22.8 Å². The third-order valence-electron chi connectivity index (χ3n) is 4.93. The summed E-state index contributed by atoms with van der Waals surface area (Å²) in [5.74, 6) is 0. The first-order valence-electron chi connectivity index (χ1n) is 8.40. The minimum atomic E-state index is 0.694. The molecule has 124 valence electrons. The van der Waals surface area contributed by atoms with Gasteiger partial charge in [-0.1, -0.05) is 36.4 Å². The Morgan fingerprint density at radius 3 is 2.71 bits per heavy atom. The number of likely N-dealkylation sites (N-methyl/N-ethyl adjacent to an activating group) is 1. The van der Waals surface area contributed by atoms with Crippen LogP contribution in [0.5, 0.6) is 0 Å². The topological polar surface area (TPSA) is 32.3 Å². The predicted molar refractivity (Wildman–Crippen MR) is 100 cm³/mol. The summed E-state index contributed by atoms with van der Waals surface area (Å²) in [5.41, 5.74) is 5.74. The molecular formula is C19H22N4S. The smallest absolute Gasteiger partial charge is 0.112 e. The Bertz CT molecular complexity index is 825. The lowest BCUT2D eigenvalue weighted by atomic mass is 10.0. The Morgan fingerprint density at radius 2 is 1.96 bits per heavy atom. The van der Waals surface area contributed by atoms with Crippen LogP contribution in [0.2, 0.25) is 0 Å². The van der Waals surface area contributed by atoms with E-state index in [1.54, 1.807) is 0 Å². The minimum Gasteiger partial charge on any atom is -0.305 e. The molecule has 5 heteroatoms. The van der Waals surface area contributed by atoms with Crippen LogP contribution in [0.4, 0.5) is 0 Å². The van der Waals surface area contributed by atoms with Crippen molar-refractivity contribution in [1.82, 2.24) is 18.5 Å². The molecule has 0 amide bonds. The molecule has 24 heavy (non-hydrogen) atoms. The molecule has 0 N–H and O–H groups in total. The van der Waals surface area contributed by atoms with E-state index in [0.29, 0.717) is 6.04 Å². The first-order valence-corrected chi connectivity index (χ1v) is 9.13. The lowest BCUT2D eigenvalue weighted by molar-refractivity contribution is 0.264. The van der Waals surface area contributed by atoms with Crippen LogP contribution in [0.3, 0.4) is 0 Å². The van der Waals surface area contributed by atoms with Crippen LogP contribution >= 0.6 is 11.7 Å². The van der Waals surface area contributed by atoms with Crippen LogP contribution in [0.25, 0.3) is 22.2 Å². The van der Waals surface area contributed by atoms with E-state index in [4.69, 9.17) is 0 Å². The Kier molecular flexibility index (Phi) is 4.31. The van der Waals surface area contributed by atoms with Gasteiger partial charge < -0.3 is 4.90 Å². The number of aromatic nitrogens is 2. The van der Waals surface area contributed by atoms with E-state index >= 15 is 0 Å². The maximum Gasteiger partial charge on any atom is 0.112 e. The second-order valence-electron chi connectivity index (χ2n) is 6.78. The summed E-state index contributed by atoms with van der Waals surface area (Å²) < 4.78 is 8.78. The number of rotatable bonds is 4. The lowest BCUT2D eigenvalue weighted by Gasteiger charge is -2.20. The van der Waals surface area contributed by atoms with Crippen molar-refractivity contribution in [1.29, 1.82) is 0 Å². The molecule has 4 rings (SSSR count). The highest BCUT2D eigenvalue weighted by Gasteiger charge is 2.23. The molecule has 1 atom stereocenters. The summed E-state index contributed by atoms with van der Waals surface area (Å²) >= 11 is 1.28. The molecule has 1 aliphatic heterocycles. The fourth-order valence-corrected chi connectivity index (χ4v) is 4.01. The van der Waals surface area contributed by atoms with E-state index in [-0.39, 0.29) is 0 Å². The van der Waals surface area contributed by atoms with E-state index in [2.05, 4.69) is 69.0 Å². The van der Waals surface area contributed by atoms with Crippen LogP contribution in [0.1, 0.15) is 12.0 Å². The quantitative estimate of drug-likeness (QED) is 0.729. The van der Waals surface area contributed by atoms with Gasteiger partial charge in [-0.05, 0) is 37.7 Å². The van der Waals surface area contributed by atoms with Crippen molar-refractivity contribution in [3.63, 3.8) is 0 Å². The van der Waals surface area contributed by atoms with Gasteiger partial charge in [0.25, 0.3) is 0 Å². The third kappa shape index (κ3) is 3.07. The zero-order valence-electron chi connectivity index (χ0n) is 14.1. The summed E-state index contributed by atoms with van der Waals surface area (Å²) in [6.45, 7) is 3.39. The highest BCUT2D eigenvalue weighted by Crippen LogP contribution is 2.28. The normalized spacial score (nSPS) is 18.7. The lowest BCUT2D eigenvalue weighted by Crippen LogP contribution is -2.31. The molecule has 1 saturated heterocycles. The summed E-state index contributed by atoms with van der Waals surface area (Å²) in [5, 5.41) is 0. The van der Waals surface area contributed by atoms with Crippen molar-refractivity contribution in [3.05, 3.63) is 48.0 Å². The van der Waals surface area contributed by atoms with Gasteiger partial charge in [-0.3, -0.25) is 4.90 Å². The molecule has 0 bridgehead atoms. The highest BCUT2D eigenvalue weighted by atomic mass is 32.1. The zero-order chi connectivity index (χ0) is 16.5. The van der Waals surface area contributed by atoms with E-state index in [9.17, 15) is 0 Å². The van der Waals surface area contributed by atoms with Crippen LogP contribution in [0.15, 0.2) is 42.5 Å². The van der Waals surface area contributed by atoms with Gasteiger partial charge in [0.05, 0.1) is 11.7 Å². The fourth-order valence-electron chi connectivity index (χ4n) is 3.46. The van der Waals surface area contributed by atoms with Crippen LogP contribution in [0, 0.1) is 0 Å². The number of fused-ring (bicyclic) bond motifs is 1. The molecule has 4 nitrogen and oxygen atoms in total. The number of hydrogen-bond acceptors (Lipinski definition) is 5. The number of nitrogens with zero attached hydrogens (tertiary/aromatic N) is 4. The summed E-state index contributed by atoms with van der Waals surface area (Å²) in [4.78, 5) is 4.89. The number of hydrogen-bond donors (Lipinski definition) is 0. The molecule has 3 aromatic rings. The molecule has 0 spiro atoms. The Morgan fingerprint density at radius 1 is 1.12 bits per heavy atom. The molecule has 2 aromatic carbocycles. The van der Waals surface area contributed by atoms with Crippen molar-refractivity contribution in [2.45, 2.75) is 19.0 Å². The summed E-state index contributed by atoms with van der Waals surface area (Å²) in [6, 6.07) is 15.8. The zero-order valence-corrected chi connectivity index (χ0v) is 15.0. The molecular weight excluding hydrogens is 316 g/mol. The fraction of sp³-hybridized carbons (Fsp3) is 0.368. The summed E-state index contributed by atoms with van der Waals surface area (Å²) in [7, 11) is 4.35. The molecule has 1 aromatic heterocycles. The SMILES string of the molecule is CN(C)C1CCN(Cc2ccc(-c3cccc4nsnc34)cc2)C1. The molecule has 0 saturated carbocycles. The van der Waals surface area contributed by atoms with Gasteiger partial charge in [0.1, 0.15) is 11.0 Å². The molecule has 1 aliphatic rings. The number of benzene rings is 2. The molecule has 1 fully saturated rings. The van der Waals surface area contributed by atoms with E-state index in [0.717, 1.165) is 17.6 Å². The molecule has 1 unspecified atom stereocenters. The van der Waals surface area contributed by atoms with Crippen molar-refractivity contribution < 1.29 is 0 Å². The van der Waals surface area contributed by atoms with E-state index in [1.165, 1.54) is 47.9 Å². The Balaban J connectivity index is 1.50. The van der Waals surface area contributed by atoms with Crippen molar-refractivity contribution in [2.24, 2.45) is 0 Å². The van der Waals surface area contributed by atoms with Crippen LogP contribution in [-0.2, 0) is 6.54 Å². The second-order valence-corrected chi connectivity index (χ2v) is 7.30. The van der Waals surface area contributed by atoms with E-state index in [1.807, 2.05) is 6.07 Å². The Hall–Kier alpha value is -1.82. The minimum absolute atomic E-state index is 0.694. The van der Waals surface area contributed by atoms with Gasteiger partial charge in [-0.2, -0.15) is 8.75 Å². The summed E-state index contributed by atoms with van der Waals surface area (Å²) in [6.07, 6.45) is 1.27. The average Bonchev–Trinajstić information content (AvgIpc) is 3.24. The van der Waals surface area contributed by atoms with Crippen molar-refractivity contribution in [2.75, 3.05) is 27.2 Å². The first-order chi connectivity index (χ1) is 11.7. The number of likely N-dealkylation sites (tertiary alicyclic amines) is 1. The van der Waals surface area contributed by atoms with Gasteiger partial charge in [-0.25, -0.2) is 0 Å². The van der Waals surface area contributed by atoms with Gasteiger partial charge in [0.15, 0.2) is 0 Å². The first kappa shape index (κ1) is 15.7. The van der Waals surface area contributed by atoms with Crippen molar-refractivity contribution in [3.8, 4) is 11.1 Å². The maximum atomic E-state index is 4.44. The monoisotopic (exact) mass is 338 g/mol.